The van der Waals surface area contributed by atoms with Crippen LogP contribution in [0.4, 0.5) is 0 Å². The first-order valence-electron chi connectivity index (χ1n) is 9.61. The highest BCUT2D eigenvalue weighted by atomic mass is 15.2. The number of nitrogens with zero attached hydrogens (tertiary/aromatic N) is 2. The summed E-state index contributed by atoms with van der Waals surface area (Å²) < 4.78 is 0. The van der Waals surface area contributed by atoms with Gasteiger partial charge in [0, 0.05) is 11.1 Å². The van der Waals surface area contributed by atoms with Gasteiger partial charge in [0.05, 0.1) is 0 Å². The second kappa shape index (κ2) is 7.56. The van der Waals surface area contributed by atoms with E-state index in [1.54, 1.807) is 0 Å². The maximum atomic E-state index is 4.69. The van der Waals surface area contributed by atoms with Gasteiger partial charge < -0.3 is 0 Å². The van der Waals surface area contributed by atoms with Gasteiger partial charge in [-0.05, 0) is 22.3 Å². The molecule has 0 aliphatic carbocycles. The predicted octanol–water partition coefficient (Wildman–Crippen LogP) is 6.47. The summed E-state index contributed by atoms with van der Waals surface area (Å²) in [6.07, 6.45) is 0. The Hall–Kier alpha value is -3.98. The second-order valence-corrected chi connectivity index (χ2v) is 6.89. The molecule has 1 aromatic heterocycles. The molecule has 5 aromatic rings. The summed E-state index contributed by atoms with van der Waals surface area (Å²) in [7, 11) is 0. The average Bonchev–Trinajstić information content (AvgIpc) is 3.31. The Morgan fingerprint density at radius 2 is 0.828 bits per heavy atom. The molecule has 0 unspecified atom stereocenters. The Balaban J connectivity index is 1.38. The van der Waals surface area contributed by atoms with Gasteiger partial charge in [-0.25, -0.2) is 4.98 Å². The smallest absolute Gasteiger partial charge is 0.181 e. The standard InChI is InChI=1S/C26H19N3/c1-3-7-19(8-4-1)21-11-15-23(16-12-21)25-27-26(29-28-25)24-17-13-22(14-18-24)20-9-5-2-6-10-20/h1-18H,(H,27,28,29). The Labute approximate surface area is 169 Å². The lowest BCUT2D eigenvalue weighted by Gasteiger charge is -2.03. The topological polar surface area (TPSA) is 41.6 Å². The molecule has 5 rings (SSSR count). The number of nitrogens with one attached hydrogen (secondary N) is 1. The van der Waals surface area contributed by atoms with E-state index in [2.05, 4.69) is 100 Å². The van der Waals surface area contributed by atoms with E-state index in [1.807, 2.05) is 24.3 Å². The minimum Gasteiger partial charge on any atom is -0.259 e. The van der Waals surface area contributed by atoms with Gasteiger partial charge in [0.1, 0.15) is 0 Å². The predicted molar refractivity (Wildman–Crippen MR) is 118 cm³/mol. The summed E-state index contributed by atoms with van der Waals surface area (Å²) in [6, 6.07) is 37.4. The van der Waals surface area contributed by atoms with E-state index in [4.69, 9.17) is 0 Å². The van der Waals surface area contributed by atoms with Crippen molar-refractivity contribution in [3.05, 3.63) is 109 Å². The lowest BCUT2D eigenvalue weighted by Crippen LogP contribution is -1.83. The molecule has 0 aliphatic heterocycles. The summed E-state index contributed by atoms with van der Waals surface area (Å²) >= 11 is 0. The number of rotatable bonds is 4. The van der Waals surface area contributed by atoms with Crippen molar-refractivity contribution < 1.29 is 0 Å². The zero-order valence-corrected chi connectivity index (χ0v) is 15.8. The Morgan fingerprint density at radius 3 is 1.34 bits per heavy atom. The van der Waals surface area contributed by atoms with Crippen LogP contribution in [-0.4, -0.2) is 15.2 Å². The number of aromatic nitrogens is 3. The fourth-order valence-electron chi connectivity index (χ4n) is 3.41. The lowest BCUT2D eigenvalue weighted by molar-refractivity contribution is 1.10. The quantitative estimate of drug-likeness (QED) is 0.392. The van der Waals surface area contributed by atoms with Gasteiger partial charge in [-0.3, -0.25) is 5.10 Å². The molecule has 3 heteroatoms. The maximum absolute atomic E-state index is 4.69. The van der Waals surface area contributed by atoms with Crippen molar-refractivity contribution in [3.63, 3.8) is 0 Å². The summed E-state index contributed by atoms with van der Waals surface area (Å²) in [5.41, 5.74) is 6.79. The Bertz CT molecular complexity index is 1110. The summed E-state index contributed by atoms with van der Waals surface area (Å²) in [5, 5.41) is 7.47. The molecular formula is C26H19N3. The molecule has 1 heterocycles. The van der Waals surface area contributed by atoms with Gasteiger partial charge in [-0.15, -0.1) is 0 Å². The van der Waals surface area contributed by atoms with Crippen LogP contribution in [0.3, 0.4) is 0 Å². The highest BCUT2D eigenvalue weighted by Gasteiger charge is 2.08. The molecule has 0 fully saturated rings. The van der Waals surface area contributed by atoms with Gasteiger partial charge in [0.2, 0.25) is 0 Å². The fraction of sp³-hybridized carbons (Fsp3) is 0. The number of aromatic amines is 1. The van der Waals surface area contributed by atoms with Crippen LogP contribution in [0.15, 0.2) is 109 Å². The summed E-state index contributed by atoms with van der Waals surface area (Å²) in [6.45, 7) is 0. The van der Waals surface area contributed by atoms with Crippen LogP contribution in [0.1, 0.15) is 0 Å². The molecule has 0 bridgehead atoms. The van der Waals surface area contributed by atoms with E-state index >= 15 is 0 Å². The molecule has 29 heavy (non-hydrogen) atoms. The third kappa shape index (κ3) is 3.58. The number of benzene rings is 4. The van der Waals surface area contributed by atoms with Crippen LogP contribution < -0.4 is 0 Å². The van der Waals surface area contributed by atoms with Crippen molar-refractivity contribution in [1.82, 2.24) is 15.2 Å². The molecule has 1 N–H and O–H groups in total. The highest BCUT2D eigenvalue weighted by molar-refractivity contribution is 5.70. The Kier molecular flexibility index (Phi) is 4.47. The van der Waals surface area contributed by atoms with Gasteiger partial charge in [-0.1, -0.05) is 109 Å². The Morgan fingerprint density at radius 1 is 0.414 bits per heavy atom. The van der Waals surface area contributed by atoms with Gasteiger partial charge in [0.15, 0.2) is 11.6 Å². The molecule has 0 amide bonds. The van der Waals surface area contributed by atoms with E-state index < -0.39 is 0 Å². The van der Waals surface area contributed by atoms with E-state index in [0.717, 1.165) is 17.0 Å². The second-order valence-electron chi connectivity index (χ2n) is 6.89. The highest BCUT2D eigenvalue weighted by Crippen LogP contribution is 2.26. The van der Waals surface area contributed by atoms with E-state index in [9.17, 15) is 0 Å². The van der Waals surface area contributed by atoms with Crippen LogP contribution >= 0.6 is 0 Å². The zero-order valence-electron chi connectivity index (χ0n) is 15.8. The van der Waals surface area contributed by atoms with Crippen LogP contribution in [0.5, 0.6) is 0 Å². The third-order valence-corrected chi connectivity index (χ3v) is 5.00. The van der Waals surface area contributed by atoms with Crippen LogP contribution in [-0.2, 0) is 0 Å². The van der Waals surface area contributed by atoms with Gasteiger partial charge >= 0.3 is 0 Å². The lowest BCUT2D eigenvalue weighted by atomic mass is 10.0. The minimum absolute atomic E-state index is 0.701. The maximum Gasteiger partial charge on any atom is 0.181 e. The minimum atomic E-state index is 0.701. The summed E-state index contributed by atoms with van der Waals surface area (Å²) in [5.74, 6) is 1.47. The molecule has 0 saturated heterocycles. The number of hydrogen-bond donors (Lipinski definition) is 1. The molecule has 0 atom stereocenters. The third-order valence-electron chi connectivity index (χ3n) is 5.00. The van der Waals surface area contributed by atoms with Crippen molar-refractivity contribution in [3.8, 4) is 45.0 Å². The first kappa shape index (κ1) is 17.1. The van der Waals surface area contributed by atoms with Crippen molar-refractivity contribution in [2.75, 3.05) is 0 Å². The van der Waals surface area contributed by atoms with E-state index in [-0.39, 0.29) is 0 Å². The van der Waals surface area contributed by atoms with Crippen molar-refractivity contribution in [1.29, 1.82) is 0 Å². The van der Waals surface area contributed by atoms with Gasteiger partial charge in [0.25, 0.3) is 0 Å². The molecule has 3 nitrogen and oxygen atoms in total. The molecule has 0 radical (unpaired) electrons. The van der Waals surface area contributed by atoms with Crippen LogP contribution in [0, 0.1) is 0 Å². The zero-order chi connectivity index (χ0) is 19.5. The average molecular weight is 373 g/mol. The van der Waals surface area contributed by atoms with Crippen LogP contribution in [0.25, 0.3) is 45.0 Å². The molecular weight excluding hydrogens is 354 g/mol. The first-order valence-corrected chi connectivity index (χ1v) is 9.61. The van der Waals surface area contributed by atoms with Gasteiger partial charge in [-0.2, -0.15) is 5.10 Å². The largest absolute Gasteiger partial charge is 0.259 e. The van der Waals surface area contributed by atoms with Crippen molar-refractivity contribution in [2.24, 2.45) is 0 Å². The molecule has 0 aliphatic rings. The normalized spacial score (nSPS) is 10.8. The molecule has 0 spiro atoms. The SMILES string of the molecule is c1ccc(-c2ccc(-c3n[nH]c(-c4ccc(-c5ccccc5)cc4)n3)cc2)cc1. The molecule has 4 aromatic carbocycles. The summed E-state index contributed by atoms with van der Waals surface area (Å²) in [4.78, 5) is 4.69. The number of H-pyrrole nitrogens is 1. The van der Waals surface area contributed by atoms with Crippen molar-refractivity contribution >= 4 is 0 Å². The van der Waals surface area contributed by atoms with E-state index in [0.29, 0.717) is 5.82 Å². The van der Waals surface area contributed by atoms with Crippen molar-refractivity contribution in [2.45, 2.75) is 0 Å². The van der Waals surface area contributed by atoms with E-state index in [1.165, 1.54) is 22.3 Å². The molecule has 138 valence electrons. The first-order chi connectivity index (χ1) is 14.4. The molecule has 0 saturated carbocycles. The van der Waals surface area contributed by atoms with Crippen LogP contribution in [0.2, 0.25) is 0 Å². The number of hydrogen-bond acceptors (Lipinski definition) is 2. The monoisotopic (exact) mass is 373 g/mol. The fourth-order valence-corrected chi connectivity index (χ4v) is 3.41.